The number of anilines is 3. The lowest BCUT2D eigenvalue weighted by Gasteiger charge is -2.35. The molecule has 30 heavy (non-hydrogen) atoms. The highest BCUT2D eigenvalue weighted by molar-refractivity contribution is 5.92. The molecule has 4 rings (SSSR count). The third-order valence-electron chi connectivity index (χ3n) is 5.08. The zero-order valence-electron chi connectivity index (χ0n) is 16.9. The first-order valence-corrected chi connectivity index (χ1v) is 9.97. The molecule has 0 saturated carbocycles. The van der Waals surface area contributed by atoms with E-state index in [1.54, 1.807) is 18.6 Å². The van der Waals surface area contributed by atoms with Gasteiger partial charge in [0.2, 0.25) is 5.91 Å². The highest BCUT2D eigenvalue weighted by Crippen LogP contribution is 2.19. The molecule has 0 radical (unpaired) electrons. The summed E-state index contributed by atoms with van der Waals surface area (Å²) >= 11 is 0. The van der Waals surface area contributed by atoms with E-state index in [2.05, 4.69) is 25.2 Å². The molecule has 3 aromatic rings. The SMILES string of the molecule is Cc1ccccc1/C=C/C(=O)N1CCN(c2cc(Nc3ccccn3)ncn2)CC1. The van der Waals surface area contributed by atoms with E-state index in [1.807, 2.05) is 66.4 Å². The van der Waals surface area contributed by atoms with Gasteiger partial charge in [-0.15, -0.1) is 0 Å². The number of benzene rings is 1. The minimum Gasteiger partial charge on any atom is -0.353 e. The standard InChI is InChI=1S/C23H24N6O/c1-18-6-2-3-7-19(18)9-10-23(30)29-14-12-28(13-15-29)22-16-21(25-17-26-22)27-20-8-4-5-11-24-20/h2-11,16-17H,12-15H2,1H3,(H,24,25,26,27)/b10-9+. The second kappa shape index (κ2) is 9.17. The van der Waals surface area contributed by atoms with Gasteiger partial charge in [-0.05, 0) is 36.3 Å². The molecule has 1 saturated heterocycles. The van der Waals surface area contributed by atoms with E-state index in [1.165, 1.54) is 0 Å². The summed E-state index contributed by atoms with van der Waals surface area (Å²) in [7, 11) is 0. The molecule has 7 nitrogen and oxygen atoms in total. The molecule has 1 aliphatic heterocycles. The second-order valence-electron chi connectivity index (χ2n) is 7.10. The first-order valence-electron chi connectivity index (χ1n) is 9.97. The normalized spacial score (nSPS) is 14.2. The van der Waals surface area contributed by atoms with Gasteiger partial charge >= 0.3 is 0 Å². The van der Waals surface area contributed by atoms with Crippen LogP contribution in [0.4, 0.5) is 17.5 Å². The van der Waals surface area contributed by atoms with Crippen LogP contribution in [-0.2, 0) is 4.79 Å². The van der Waals surface area contributed by atoms with E-state index in [0.29, 0.717) is 18.9 Å². The Labute approximate surface area is 176 Å². The fourth-order valence-corrected chi connectivity index (χ4v) is 3.35. The maximum Gasteiger partial charge on any atom is 0.246 e. The van der Waals surface area contributed by atoms with Crippen LogP contribution in [0.5, 0.6) is 0 Å². The number of carbonyl (C=O) groups excluding carboxylic acids is 1. The molecule has 1 amide bonds. The largest absolute Gasteiger partial charge is 0.353 e. The quantitative estimate of drug-likeness (QED) is 0.663. The lowest BCUT2D eigenvalue weighted by Crippen LogP contribution is -2.48. The summed E-state index contributed by atoms with van der Waals surface area (Å²) in [5, 5.41) is 3.18. The Morgan fingerprint density at radius 1 is 0.967 bits per heavy atom. The minimum absolute atomic E-state index is 0.0399. The third-order valence-corrected chi connectivity index (χ3v) is 5.08. The number of nitrogens with one attached hydrogen (secondary N) is 1. The number of hydrogen-bond donors (Lipinski definition) is 1. The number of amides is 1. The van der Waals surface area contributed by atoms with Crippen molar-refractivity contribution in [3.63, 3.8) is 0 Å². The number of aromatic nitrogens is 3. The highest BCUT2D eigenvalue weighted by atomic mass is 16.2. The molecular weight excluding hydrogens is 376 g/mol. The van der Waals surface area contributed by atoms with Gasteiger partial charge in [0, 0.05) is 44.5 Å². The molecule has 0 atom stereocenters. The summed E-state index contributed by atoms with van der Waals surface area (Å²) in [4.78, 5) is 29.5. The van der Waals surface area contributed by atoms with Crippen molar-refractivity contribution in [2.45, 2.75) is 6.92 Å². The van der Waals surface area contributed by atoms with E-state index in [0.717, 1.165) is 35.9 Å². The van der Waals surface area contributed by atoms with Gasteiger partial charge in [0.05, 0.1) is 0 Å². The van der Waals surface area contributed by atoms with E-state index < -0.39 is 0 Å². The maximum atomic E-state index is 12.6. The van der Waals surface area contributed by atoms with Crippen LogP contribution in [0.25, 0.3) is 6.08 Å². The first kappa shape index (κ1) is 19.6. The van der Waals surface area contributed by atoms with Crippen LogP contribution in [0.2, 0.25) is 0 Å². The van der Waals surface area contributed by atoms with Gasteiger partial charge in [-0.3, -0.25) is 4.79 Å². The molecule has 0 spiro atoms. The Bertz CT molecular complexity index is 1030. The average molecular weight is 400 g/mol. The van der Waals surface area contributed by atoms with Gasteiger partial charge < -0.3 is 15.1 Å². The van der Waals surface area contributed by atoms with Crippen molar-refractivity contribution >= 4 is 29.4 Å². The molecule has 0 unspecified atom stereocenters. The summed E-state index contributed by atoms with van der Waals surface area (Å²) in [5.74, 6) is 2.31. The van der Waals surface area contributed by atoms with Crippen molar-refractivity contribution in [2.75, 3.05) is 36.4 Å². The zero-order chi connectivity index (χ0) is 20.8. The van der Waals surface area contributed by atoms with Crippen LogP contribution in [0.15, 0.2) is 67.1 Å². The molecule has 1 aliphatic rings. The summed E-state index contributed by atoms with van der Waals surface area (Å²) in [6.45, 7) is 4.81. The van der Waals surface area contributed by atoms with Crippen LogP contribution in [0.3, 0.4) is 0 Å². The number of nitrogens with zero attached hydrogens (tertiary/aromatic N) is 5. The predicted molar refractivity (Wildman–Crippen MR) is 119 cm³/mol. The molecule has 1 aromatic carbocycles. The van der Waals surface area contributed by atoms with Crippen LogP contribution in [0, 0.1) is 6.92 Å². The van der Waals surface area contributed by atoms with Crippen molar-refractivity contribution in [3.05, 3.63) is 78.3 Å². The molecule has 152 valence electrons. The maximum absolute atomic E-state index is 12.6. The topological polar surface area (TPSA) is 74.2 Å². The highest BCUT2D eigenvalue weighted by Gasteiger charge is 2.21. The summed E-state index contributed by atoms with van der Waals surface area (Å²) in [6, 6.07) is 15.6. The number of hydrogen-bond acceptors (Lipinski definition) is 6. The van der Waals surface area contributed by atoms with Crippen molar-refractivity contribution in [2.24, 2.45) is 0 Å². The molecule has 0 aliphatic carbocycles. The van der Waals surface area contributed by atoms with Crippen molar-refractivity contribution in [1.29, 1.82) is 0 Å². The molecule has 2 aromatic heterocycles. The number of rotatable bonds is 5. The monoisotopic (exact) mass is 400 g/mol. The molecule has 3 heterocycles. The van der Waals surface area contributed by atoms with Gasteiger partial charge in [0.25, 0.3) is 0 Å². The Morgan fingerprint density at radius 2 is 1.77 bits per heavy atom. The van der Waals surface area contributed by atoms with Crippen LogP contribution in [-0.4, -0.2) is 51.9 Å². The van der Waals surface area contributed by atoms with Gasteiger partial charge in [0.15, 0.2) is 0 Å². The number of aryl methyl sites for hydroxylation is 1. The molecular formula is C23H24N6O. The Balaban J connectivity index is 1.35. The summed E-state index contributed by atoms with van der Waals surface area (Å²) < 4.78 is 0. The van der Waals surface area contributed by atoms with Crippen molar-refractivity contribution in [3.8, 4) is 0 Å². The van der Waals surface area contributed by atoms with Gasteiger partial charge in [-0.2, -0.15) is 0 Å². The zero-order valence-corrected chi connectivity index (χ0v) is 16.9. The van der Waals surface area contributed by atoms with Gasteiger partial charge in [0.1, 0.15) is 23.8 Å². The molecule has 1 fully saturated rings. The van der Waals surface area contributed by atoms with Crippen LogP contribution in [0.1, 0.15) is 11.1 Å². The second-order valence-corrected chi connectivity index (χ2v) is 7.10. The Hall–Kier alpha value is -3.74. The van der Waals surface area contributed by atoms with Gasteiger partial charge in [-0.1, -0.05) is 30.3 Å². The molecule has 0 bridgehead atoms. The van der Waals surface area contributed by atoms with E-state index in [9.17, 15) is 4.79 Å². The number of piperazine rings is 1. The molecule has 1 N–H and O–H groups in total. The summed E-state index contributed by atoms with van der Waals surface area (Å²) in [5.41, 5.74) is 2.23. The first-order chi connectivity index (χ1) is 14.7. The molecule has 7 heteroatoms. The minimum atomic E-state index is 0.0399. The van der Waals surface area contributed by atoms with Crippen LogP contribution >= 0.6 is 0 Å². The Kier molecular flexibility index (Phi) is 5.98. The van der Waals surface area contributed by atoms with Crippen molar-refractivity contribution < 1.29 is 4.79 Å². The third kappa shape index (κ3) is 4.81. The van der Waals surface area contributed by atoms with Gasteiger partial charge in [-0.25, -0.2) is 15.0 Å². The van der Waals surface area contributed by atoms with E-state index >= 15 is 0 Å². The lowest BCUT2D eigenvalue weighted by molar-refractivity contribution is -0.126. The fraction of sp³-hybridized carbons (Fsp3) is 0.217. The number of carbonyl (C=O) groups is 1. The van der Waals surface area contributed by atoms with E-state index in [4.69, 9.17) is 0 Å². The fourth-order valence-electron chi connectivity index (χ4n) is 3.35. The summed E-state index contributed by atoms with van der Waals surface area (Å²) in [6.07, 6.45) is 6.83. The average Bonchev–Trinajstić information content (AvgIpc) is 2.79. The lowest BCUT2D eigenvalue weighted by atomic mass is 10.1. The van der Waals surface area contributed by atoms with Crippen LogP contribution < -0.4 is 10.2 Å². The Morgan fingerprint density at radius 3 is 2.53 bits per heavy atom. The smallest absolute Gasteiger partial charge is 0.246 e. The predicted octanol–water partition coefficient (Wildman–Crippen LogP) is 3.29. The van der Waals surface area contributed by atoms with E-state index in [-0.39, 0.29) is 5.91 Å². The number of pyridine rings is 1. The van der Waals surface area contributed by atoms with Crippen molar-refractivity contribution in [1.82, 2.24) is 19.9 Å².